The molecule has 0 unspecified atom stereocenters. The van der Waals surface area contributed by atoms with Crippen LogP contribution in [0.4, 0.5) is 0 Å². The van der Waals surface area contributed by atoms with Gasteiger partial charge in [0.15, 0.2) is 0 Å². The van der Waals surface area contributed by atoms with Crippen molar-refractivity contribution in [3.8, 4) is 0 Å². The van der Waals surface area contributed by atoms with E-state index in [1.54, 1.807) is 0 Å². The highest BCUT2D eigenvalue weighted by Gasteiger charge is 2.17. The first-order valence-corrected chi connectivity index (χ1v) is 5.42. The summed E-state index contributed by atoms with van der Waals surface area (Å²) in [7, 11) is 0. The number of hydrogen-bond donors (Lipinski definition) is 1. The molecule has 0 heterocycles. The molecule has 0 aromatic carbocycles. The van der Waals surface area contributed by atoms with Crippen molar-refractivity contribution in [2.45, 2.75) is 52.5 Å². The summed E-state index contributed by atoms with van der Waals surface area (Å²) in [5.41, 5.74) is 0. The summed E-state index contributed by atoms with van der Waals surface area (Å²) >= 11 is 0. The maximum Gasteiger partial charge on any atom is 0.00697 e. The van der Waals surface area contributed by atoms with Crippen LogP contribution in [0.25, 0.3) is 0 Å². The first-order chi connectivity index (χ1) is 5.68. The molecule has 0 aromatic heterocycles. The SMILES string of the molecule is CC(C)CN[C@@H]1CCC[C@H](C)C1. The molecule has 1 fully saturated rings. The van der Waals surface area contributed by atoms with Gasteiger partial charge in [-0.3, -0.25) is 0 Å². The molecule has 0 radical (unpaired) electrons. The Morgan fingerprint density at radius 3 is 2.67 bits per heavy atom. The Morgan fingerprint density at radius 1 is 1.33 bits per heavy atom. The van der Waals surface area contributed by atoms with Gasteiger partial charge in [0.05, 0.1) is 0 Å². The van der Waals surface area contributed by atoms with Gasteiger partial charge >= 0.3 is 0 Å². The van der Waals surface area contributed by atoms with Gasteiger partial charge in [-0.25, -0.2) is 0 Å². The molecule has 0 aromatic rings. The Hall–Kier alpha value is -0.0400. The van der Waals surface area contributed by atoms with E-state index in [1.165, 1.54) is 32.2 Å². The third kappa shape index (κ3) is 3.57. The lowest BCUT2D eigenvalue weighted by atomic mass is 9.87. The molecule has 0 amide bonds. The second-order valence-electron chi connectivity index (χ2n) is 4.77. The molecule has 0 aliphatic heterocycles. The van der Waals surface area contributed by atoms with Crippen molar-refractivity contribution >= 4 is 0 Å². The van der Waals surface area contributed by atoms with E-state index in [0.29, 0.717) is 0 Å². The van der Waals surface area contributed by atoms with Crippen LogP contribution in [0.15, 0.2) is 0 Å². The fourth-order valence-corrected chi connectivity index (χ4v) is 2.02. The van der Waals surface area contributed by atoms with Crippen LogP contribution in [0.5, 0.6) is 0 Å². The predicted octanol–water partition coefficient (Wildman–Crippen LogP) is 2.81. The molecule has 0 spiro atoms. The summed E-state index contributed by atoms with van der Waals surface area (Å²) in [6, 6.07) is 0.816. The van der Waals surface area contributed by atoms with E-state index >= 15 is 0 Å². The lowest BCUT2D eigenvalue weighted by molar-refractivity contribution is 0.294. The van der Waals surface area contributed by atoms with Crippen LogP contribution in [-0.2, 0) is 0 Å². The van der Waals surface area contributed by atoms with Crippen LogP contribution in [0.3, 0.4) is 0 Å². The summed E-state index contributed by atoms with van der Waals surface area (Å²) in [6.07, 6.45) is 5.67. The molecular weight excluding hydrogens is 146 g/mol. The topological polar surface area (TPSA) is 12.0 Å². The zero-order valence-corrected chi connectivity index (χ0v) is 8.77. The minimum absolute atomic E-state index is 0.794. The predicted molar refractivity (Wildman–Crippen MR) is 54.3 cm³/mol. The zero-order valence-electron chi connectivity index (χ0n) is 8.77. The average Bonchev–Trinajstić information content (AvgIpc) is 2.01. The van der Waals surface area contributed by atoms with Gasteiger partial charge in [0.2, 0.25) is 0 Å². The molecule has 1 heteroatoms. The fourth-order valence-electron chi connectivity index (χ4n) is 2.02. The first kappa shape index (κ1) is 10.0. The minimum atomic E-state index is 0.794. The molecular formula is C11H23N. The van der Waals surface area contributed by atoms with Crippen LogP contribution in [0.1, 0.15) is 46.5 Å². The van der Waals surface area contributed by atoms with Crippen LogP contribution in [-0.4, -0.2) is 12.6 Å². The Morgan fingerprint density at radius 2 is 2.08 bits per heavy atom. The Bertz CT molecular complexity index is 120. The number of nitrogens with one attached hydrogen (secondary N) is 1. The maximum absolute atomic E-state index is 3.65. The summed E-state index contributed by atoms with van der Waals surface area (Å²) in [5.74, 6) is 1.74. The third-order valence-electron chi connectivity index (χ3n) is 2.75. The van der Waals surface area contributed by atoms with E-state index < -0.39 is 0 Å². The van der Waals surface area contributed by atoms with E-state index in [1.807, 2.05) is 0 Å². The van der Waals surface area contributed by atoms with Crippen LogP contribution in [0, 0.1) is 11.8 Å². The van der Waals surface area contributed by atoms with Gasteiger partial charge in [-0.2, -0.15) is 0 Å². The van der Waals surface area contributed by atoms with E-state index in [0.717, 1.165) is 17.9 Å². The van der Waals surface area contributed by atoms with Crippen LogP contribution >= 0.6 is 0 Å². The van der Waals surface area contributed by atoms with Gasteiger partial charge in [0, 0.05) is 6.04 Å². The molecule has 1 aliphatic rings. The highest BCUT2D eigenvalue weighted by atomic mass is 14.9. The molecule has 12 heavy (non-hydrogen) atoms. The number of rotatable bonds is 3. The lowest BCUT2D eigenvalue weighted by Crippen LogP contribution is -2.35. The summed E-state index contributed by atoms with van der Waals surface area (Å²) in [4.78, 5) is 0. The van der Waals surface area contributed by atoms with E-state index in [-0.39, 0.29) is 0 Å². The van der Waals surface area contributed by atoms with Crippen molar-refractivity contribution in [2.24, 2.45) is 11.8 Å². The van der Waals surface area contributed by atoms with Crippen molar-refractivity contribution in [2.75, 3.05) is 6.54 Å². The minimum Gasteiger partial charge on any atom is -0.314 e. The van der Waals surface area contributed by atoms with E-state index in [2.05, 4.69) is 26.1 Å². The van der Waals surface area contributed by atoms with Gasteiger partial charge in [-0.05, 0) is 31.2 Å². The van der Waals surface area contributed by atoms with Gasteiger partial charge in [0.1, 0.15) is 0 Å². The summed E-state index contributed by atoms with van der Waals surface area (Å²) in [5, 5.41) is 3.65. The zero-order chi connectivity index (χ0) is 8.97. The van der Waals surface area contributed by atoms with Crippen LogP contribution in [0.2, 0.25) is 0 Å². The second-order valence-corrected chi connectivity index (χ2v) is 4.77. The van der Waals surface area contributed by atoms with Gasteiger partial charge in [-0.1, -0.05) is 33.6 Å². The molecule has 1 saturated carbocycles. The smallest absolute Gasteiger partial charge is 0.00697 e. The summed E-state index contributed by atoms with van der Waals surface area (Å²) in [6.45, 7) is 8.12. The largest absolute Gasteiger partial charge is 0.314 e. The lowest BCUT2D eigenvalue weighted by Gasteiger charge is -2.28. The standard InChI is InChI=1S/C11H23N/c1-9(2)8-12-11-6-4-5-10(3)7-11/h9-12H,4-8H2,1-3H3/t10-,11+/m0/s1. The van der Waals surface area contributed by atoms with Crippen molar-refractivity contribution < 1.29 is 0 Å². The van der Waals surface area contributed by atoms with Crippen LogP contribution < -0.4 is 5.32 Å². The van der Waals surface area contributed by atoms with Crippen molar-refractivity contribution in [3.05, 3.63) is 0 Å². The number of hydrogen-bond acceptors (Lipinski definition) is 1. The van der Waals surface area contributed by atoms with E-state index in [4.69, 9.17) is 0 Å². The molecule has 0 saturated heterocycles. The average molecular weight is 169 g/mol. The Balaban J connectivity index is 2.14. The quantitative estimate of drug-likeness (QED) is 0.685. The molecule has 1 N–H and O–H groups in total. The Kier molecular flexibility index (Phi) is 4.07. The molecule has 1 nitrogen and oxygen atoms in total. The Labute approximate surface area is 76.9 Å². The van der Waals surface area contributed by atoms with Crippen molar-refractivity contribution in [1.29, 1.82) is 0 Å². The monoisotopic (exact) mass is 169 g/mol. The third-order valence-corrected chi connectivity index (χ3v) is 2.75. The van der Waals surface area contributed by atoms with Gasteiger partial charge in [0.25, 0.3) is 0 Å². The summed E-state index contributed by atoms with van der Waals surface area (Å²) < 4.78 is 0. The second kappa shape index (κ2) is 4.86. The highest BCUT2D eigenvalue weighted by Crippen LogP contribution is 2.23. The normalized spacial score (nSPS) is 31.0. The molecule has 0 bridgehead atoms. The highest BCUT2D eigenvalue weighted by molar-refractivity contribution is 4.75. The van der Waals surface area contributed by atoms with Crippen molar-refractivity contribution in [3.63, 3.8) is 0 Å². The van der Waals surface area contributed by atoms with Gasteiger partial charge < -0.3 is 5.32 Å². The molecule has 2 atom stereocenters. The van der Waals surface area contributed by atoms with E-state index in [9.17, 15) is 0 Å². The maximum atomic E-state index is 3.65. The molecule has 1 aliphatic carbocycles. The first-order valence-electron chi connectivity index (χ1n) is 5.42. The fraction of sp³-hybridized carbons (Fsp3) is 1.00. The van der Waals surface area contributed by atoms with Crippen molar-refractivity contribution in [1.82, 2.24) is 5.32 Å². The molecule has 72 valence electrons. The molecule has 1 rings (SSSR count). The van der Waals surface area contributed by atoms with Gasteiger partial charge in [-0.15, -0.1) is 0 Å².